The van der Waals surface area contributed by atoms with Crippen LogP contribution in [0.15, 0.2) is 36.4 Å². The van der Waals surface area contributed by atoms with Gasteiger partial charge in [-0.05, 0) is 23.8 Å². The minimum absolute atomic E-state index is 0.120. The average Bonchev–Trinajstić information content (AvgIpc) is 2.44. The fraction of sp³-hybridized carbons (Fsp3) is 0.200. The predicted octanol–water partition coefficient (Wildman–Crippen LogP) is 4.56. The lowest BCUT2D eigenvalue weighted by atomic mass is 9.89. The normalized spacial score (nSPS) is 14.0. The van der Waals surface area contributed by atoms with Gasteiger partial charge in [-0.1, -0.05) is 53.0 Å². The summed E-state index contributed by atoms with van der Waals surface area (Å²) in [7, 11) is 0. The van der Waals surface area contributed by atoms with Crippen molar-refractivity contribution < 1.29 is 9.50 Å². The highest BCUT2D eigenvalue weighted by Crippen LogP contribution is 2.39. The molecule has 2 atom stereocenters. The lowest BCUT2D eigenvalue weighted by molar-refractivity contribution is 0.147. The van der Waals surface area contributed by atoms with Crippen molar-refractivity contribution in [2.45, 2.75) is 12.0 Å². The molecule has 0 amide bonds. The molecule has 2 aromatic rings. The summed E-state index contributed by atoms with van der Waals surface area (Å²) in [4.78, 5) is 0. The highest BCUT2D eigenvalue weighted by Gasteiger charge is 2.26. The molecular weight excluding hydrogens is 336 g/mol. The largest absolute Gasteiger partial charge is 0.388 e. The number of benzene rings is 2. The van der Waals surface area contributed by atoms with E-state index in [2.05, 4.69) is 0 Å². The first-order chi connectivity index (χ1) is 9.95. The third-order valence-electron chi connectivity index (χ3n) is 3.30. The van der Waals surface area contributed by atoms with Crippen LogP contribution >= 0.6 is 34.8 Å². The van der Waals surface area contributed by atoms with Crippen LogP contribution in [0.1, 0.15) is 23.1 Å². The van der Waals surface area contributed by atoms with Gasteiger partial charge in [-0.15, -0.1) is 0 Å². The molecule has 2 nitrogen and oxygen atoms in total. The van der Waals surface area contributed by atoms with Crippen LogP contribution in [0.3, 0.4) is 0 Å². The van der Waals surface area contributed by atoms with Gasteiger partial charge in [0.25, 0.3) is 0 Å². The van der Waals surface area contributed by atoms with Gasteiger partial charge >= 0.3 is 0 Å². The summed E-state index contributed by atoms with van der Waals surface area (Å²) in [5.74, 6) is -0.969. The van der Waals surface area contributed by atoms with E-state index in [9.17, 15) is 9.50 Å². The Labute approximate surface area is 137 Å². The second kappa shape index (κ2) is 6.95. The maximum absolute atomic E-state index is 13.1. The van der Waals surface area contributed by atoms with Gasteiger partial charge in [-0.2, -0.15) is 0 Å². The topological polar surface area (TPSA) is 46.2 Å². The lowest BCUT2D eigenvalue weighted by Crippen LogP contribution is -2.21. The standard InChI is InChI=1S/C15H13Cl3FNO/c16-12-3-1-2-10(14(12)18)15(21)11(7-20)9-5-4-8(19)6-13(9)17/h1-6,11,15,21H,7,20H2. The van der Waals surface area contributed by atoms with E-state index in [0.717, 1.165) is 0 Å². The van der Waals surface area contributed by atoms with Crippen LogP contribution in [0.4, 0.5) is 4.39 Å². The van der Waals surface area contributed by atoms with E-state index in [1.807, 2.05) is 0 Å². The maximum Gasteiger partial charge on any atom is 0.124 e. The Hall–Kier alpha value is -0.840. The SMILES string of the molecule is NCC(c1ccc(F)cc1Cl)C(O)c1cccc(Cl)c1Cl. The Morgan fingerprint density at radius 1 is 1.05 bits per heavy atom. The van der Waals surface area contributed by atoms with Crippen molar-refractivity contribution in [1.82, 2.24) is 0 Å². The Balaban J connectivity index is 2.43. The monoisotopic (exact) mass is 347 g/mol. The Morgan fingerprint density at radius 2 is 1.76 bits per heavy atom. The van der Waals surface area contributed by atoms with Gasteiger partial charge < -0.3 is 10.8 Å². The smallest absolute Gasteiger partial charge is 0.124 e. The van der Waals surface area contributed by atoms with Crippen molar-refractivity contribution in [3.63, 3.8) is 0 Å². The first-order valence-corrected chi connectivity index (χ1v) is 7.36. The minimum atomic E-state index is -0.996. The first kappa shape index (κ1) is 16.5. The molecule has 2 unspecified atom stereocenters. The summed E-state index contributed by atoms with van der Waals surface area (Å²) >= 11 is 18.1. The van der Waals surface area contributed by atoms with Crippen LogP contribution in [-0.4, -0.2) is 11.7 Å². The molecule has 0 fully saturated rings. The molecule has 2 rings (SSSR count). The number of rotatable bonds is 4. The molecule has 0 aliphatic carbocycles. The van der Waals surface area contributed by atoms with Gasteiger partial charge in [-0.25, -0.2) is 4.39 Å². The van der Waals surface area contributed by atoms with Crippen molar-refractivity contribution >= 4 is 34.8 Å². The zero-order chi connectivity index (χ0) is 15.6. The molecule has 0 saturated heterocycles. The highest BCUT2D eigenvalue weighted by atomic mass is 35.5. The second-order valence-electron chi connectivity index (χ2n) is 4.60. The summed E-state index contributed by atoms with van der Waals surface area (Å²) in [6.07, 6.45) is -0.996. The molecule has 3 N–H and O–H groups in total. The highest BCUT2D eigenvalue weighted by molar-refractivity contribution is 6.42. The summed E-state index contributed by atoms with van der Waals surface area (Å²) in [5, 5.41) is 11.4. The fourth-order valence-electron chi connectivity index (χ4n) is 2.19. The molecule has 112 valence electrons. The molecule has 21 heavy (non-hydrogen) atoms. The van der Waals surface area contributed by atoms with Crippen molar-refractivity contribution in [2.24, 2.45) is 5.73 Å². The molecule has 0 bridgehead atoms. The molecule has 2 aromatic carbocycles. The fourth-order valence-corrected chi connectivity index (χ4v) is 2.92. The Morgan fingerprint density at radius 3 is 2.38 bits per heavy atom. The number of hydrogen-bond donors (Lipinski definition) is 2. The first-order valence-electron chi connectivity index (χ1n) is 6.22. The van der Waals surface area contributed by atoms with Crippen LogP contribution in [0.5, 0.6) is 0 Å². The van der Waals surface area contributed by atoms with E-state index in [1.54, 1.807) is 18.2 Å². The number of aliphatic hydroxyl groups excluding tert-OH is 1. The molecule has 0 spiro atoms. The molecule has 0 heterocycles. The zero-order valence-corrected chi connectivity index (χ0v) is 13.1. The summed E-state index contributed by atoms with van der Waals surface area (Å²) in [6.45, 7) is 0.120. The van der Waals surface area contributed by atoms with E-state index in [-0.39, 0.29) is 16.6 Å². The molecule has 0 aromatic heterocycles. The van der Waals surface area contributed by atoms with Gasteiger partial charge in [0.05, 0.1) is 16.1 Å². The molecule has 0 saturated carbocycles. The van der Waals surface area contributed by atoms with Crippen LogP contribution in [0.2, 0.25) is 15.1 Å². The molecule has 0 aliphatic rings. The van der Waals surface area contributed by atoms with Gasteiger partial charge in [0.2, 0.25) is 0 Å². The molecule has 0 radical (unpaired) electrons. The van der Waals surface area contributed by atoms with E-state index in [0.29, 0.717) is 16.1 Å². The van der Waals surface area contributed by atoms with E-state index in [4.69, 9.17) is 40.5 Å². The van der Waals surface area contributed by atoms with Crippen molar-refractivity contribution in [3.05, 3.63) is 68.4 Å². The van der Waals surface area contributed by atoms with Gasteiger partial charge in [0.1, 0.15) is 5.82 Å². The van der Waals surface area contributed by atoms with Gasteiger partial charge in [-0.3, -0.25) is 0 Å². The van der Waals surface area contributed by atoms with E-state index < -0.39 is 17.8 Å². The predicted molar refractivity (Wildman–Crippen MR) is 84.6 cm³/mol. The van der Waals surface area contributed by atoms with Crippen molar-refractivity contribution in [3.8, 4) is 0 Å². The van der Waals surface area contributed by atoms with E-state index in [1.165, 1.54) is 18.2 Å². The summed E-state index contributed by atoms with van der Waals surface area (Å²) in [5.41, 5.74) is 6.77. The summed E-state index contributed by atoms with van der Waals surface area (Å²) < 4.78 is 13.1. The molecular formula is C15H13Cl3FNO. The Kier molecular flexibility index (Phi) is 5.47. The Bertz CT molecular complexity index is 651. The van der Waals surface area contributed by atoms with Gasteiger partial charge in [0.15, 0.2) is 0 Å². The van der Waals surface area contributed by atoms with Crippen LogP contribution in [-0.2, 0) is 0 Å². The molecule has 0 aliphatic heterocycles. The third kappa shape index (κ3) is 3.50. The minimum Gasteiger partial charge on any atom is -0.388 e. The average molecular weight is 349 g/mol. The second-order valence-corrected chi connectivity index (χ2v) is 5.79. The van der Waals surface area contributed by atoms with Crippen molar-refractivity contribution in [1.29, 1.82) is 0 Å². The number of hydrogen-bond acceptors (Lipinski definition) is 2. The summed E-state index contributed by atoms with van der Waals surface area (Å²) in [6, 6.07) is 8.95. The lowest BCUT2D eigenvalue weighted by Gasteiger charge is -2.24. The third-order valence-corrected chi connectivity index (χ3v) is 4.46. The van der Waals surface area contributed by atoms with Gasteiger partial charge in [0, 0.05) is 23.0 Å². The number of aliphatic hydroxyl groups is 1. The van der Waals surface area contributed by atoms with Crippen LogP contribution in [0, 0.1) is 5.82 Å². The van der Waals surface area contributed by atoms with Crippen LogP contribution in [0.25, 0.3) is 0 Å². The number of nitrogens with two attached hydrogens (primary N) is 1. The number of halogens is 4. The molecule has 6 heteroatoms. The zero-order valence-electron chi connectivity index (χ0n) is 10.9. The quantitative estimate of drug-likeness (QED) is 0.850. The van der Waals surface area contributed by atoms with Crippen molar-refractivity contribution in [2.75, 3.05) is 6.54 Å². The van der Waals surface area contributed by atoms with E-state index >= 15 is 0 Å². The van der Waals surface area contributed by atoms with Crippen LogP contribution < -0.4 is 5.73 Å². The maximum atomic E-state index is 13.1.